The third-order valence-corrected chi connectivity index (χ3v) is 4.21. The van der Waals surface area contributed by atoms with E-state index in [0.29, 0.717) is 6.42 Å². The van der Waals surface area contributed by atoms with Gasteiger partial charge in [-0.2, -0.15) is 0 Å². The number of rotatable bonds is 9. The van der Waals surface area contributed by atoms with Crippen LogP contribution < -0.4 is 0 Å². The summed E-state index contributed by atoms with van der Waals surface area (Å²) in [5, 5.41) is 27.6. The minimum atomic E-state index is -1.52. The van der Waals surface area contributed by atoms with E-state index in [-0.39, 0.29) is 28.9 Å². The molecule has 156 valence electrons. The summed E-state index contributed by atoms with van der Waals surface area (Å²) in [6.07, 6.45) is 1.34. The topological polar surface area (TPSA) is 155 Å². The van der Waals surface area contributed by atoms with Gasteiger partial charge in [0, 0.05) is 11.1 Å². The number of unbranched alkanes of at least 4 members (excludes halogenated alkanes) is 1. The molecule has 2 aromatic carbocycles. The number of ether oxygens (including phenoxy) is 1. The van der Waals surface area contributed by atoms with Gasteiger partial charge >= 0.3 is 23.9 Å². The molecule has 0 radical (unpaired) electrons. The van der Waals surface area contributed by atoms with Gasteiger partial charge in [-0.1, -0.05) is 25.5 Å². The minimum absolute atomic E-state index is 0.0816. The van der Waals surface area contributed by atoms with Gasteiger partial charge < -0.3 is 20.1 Å². The number of hydrogen-bond acceptors (Lipinski definition) is 6. The Hall–Kier alpha value is -4.01. The smallest absolute Gasteiger partial charge is 0.339 e. The Morgan fingerprint density at radius 2 is 1.20 bits per heavy atom. The molecule has 9 heteroatoms. The van der Waals surface area contributed by atoms with E-state index in [0.717, 1.165) is 36.8 Å². The Bertz CT molecular complexity index is 1040. The normalized spacial score (nSPS) is 10.3. The molecule has 0 saturated carbocycles. The average Bonchev–Trinajstić information content (AvgIpc) is 2.72. The number of aromatic carboxylic acids is 3. The maximum Gasteiger partial charge on any atom is 0.339 e. The molecule has 0 spiro atoms. The number of carbonyl (C=O) groups is 5. The van der Waals surface area contributed by atoms with Gasteiger partial charge in [0.1, 0.15) is 0 Å². The van der Waals surface area contributed by atoms with E-state index >= 15 is 0 Å². The van der Waals surface area contributed by atoms with Crippen LogP contribution in [0, 0.1) is 0 Å². The van der Waals surface area contributed by atoms with Gasteiger partial charge in [0.15, 0.2) is 5.78 Å². The molecule has 0 aliphatic carbocycles. The van der Waals surface area contributed by atoms with Crippen molar-refractivity contribution in [1.82, 2.24) is 0 Å². The molecule has 0 aliphatic heterocycles. The van der Waals surface area contributed by atoms with Crippen molar-refractivity contribution in [1.29, 1.82) is 0 Å². The lowest BCUT2D eigenvalue weighted by molar-refractivity contribution is 0.0489. The first-order valence-electron chi connectivity index (χ1n) is 8.87. The highest BCUT2D eigenvalue weighted by Crippen LogP contribution is 2.20. The minimum Gasteiger partial charge on any atom is -0.478 e. The van der Waals surface area contributed by atoms with Gasteiger partial charge in [0.25, 0.3) is 0 Å². The van der Waals surface area contributed by atoms with Gasteiger partial charge in [-0.25, -0.2) is 19.2 Å². The van der Waals surface area contributed by atoms with Gasteiger partial charge in [0.05, 0.1) is 28.9 Å². The summed E-state index contributed by atoms with van der Waals surface area (Å²) in [6.45, 7) is 1.97. The highest BCUT2D eigenvalue weighted by atomic mass is 16.5. The van der Waals surface area contributed by atoms with Crippen LogP contribution in [0.25, 0.3) is 0 Å². The molecule has 3 N–H and O–H groups in total. The van der Waals surface area contributed by atoms with Crippen molar-refractivity contribution in [3.05, 3.63) is 69.8 Å². The van der Waals surface area contributed by atoms with Crippen LogP contribution in [0.1, 0.15) is 77.1 Å². The molecule has 9 nitrogen and oxygen atoms in total. The zero-order valence-corrected chi connectivity index (χ0v) is 15.9. The van der Waals surface area contributed by atoms with Crippen molar-refractivity contribution < 1.29 is 44.0 Å². The number of carboxylic acid groups (broad SMARTS) is 3. The summed E-state index contributed by atoms with van der Waals surface area (Å²) in [7, 11) is 0. The molecule has 2 rings (SSSR count). The number of ketones is 1. The Labute approximate surface area is 170 Å². The predicted molar refractivity (Wildman–Crippen MR) is 102 cm³/mol. The van der Waals surface area contributed by atoms with E-state index < -0.39 is 40.8 Å². The summed E-state index contributed by atoms with van der Waals surface area (Å²) in [4.78, 5) is 58.9. The van der Waals surface area contributed by atoms with E-state index in [1.807, 2.05) is 6.92 Å². The lowest BCUT2D eigenvalue weighted by atomic mass is 9.95. The van der Waals surface area contributed by atoms with Crippen LogP contribution in [-0.2, 0) is 4.74 Å². The quantitative estimate of drug-likeness (QED) is 0.319. The first kappa shape index (κ1) is 22.3. The second-order valence-corrected chi connectivity index (χ2v) is 6.25. The van der Waals surface area contributed by atoms with E-state index in [2.05, 4.69) is 0 Å². The molecule has 0 saturated heterocycles. The van der Waals surface area contributed by atoms with Crippen LogP contribution in [0.4, 0.5) is 0 Å². The second-order valence-electron chi connectivity index (χ2n) is 6.25. The molecule has 0 amide bonds. The molecule has 0 aliphatic rings. The fourth-order valence-corrected chi connectivity index (χ4v) is 2.64. The van der Waals surface area contributed by atoms with E-state index in [1.165, 1.54) is 6.07 Å². The number of esters is 1. The fourth-order valence-electron chi connectivity index (χ4n) is 2.64. The van der Waals surface area contributed by atoms with Crippen molar-refractivity contribution in [2.24, 2.45) is 0 Å². The monoisotopic (exact) mass is 414 g/mol. The first-order valence-corrected chi connectivity index (χ1v) is 8.87. The Kier molecular flexibility index (Phi) is 7.03. The zero-order valence-electron chi connectivity index (χ0n) is 15.9. The molecule has 30 heavy (non-hydrogen) atoms. The third kappa shape index (κ3) is 4.88. The molecule has 0 fully saturated rings. The highest BCUT2D eigenvalue weighted by Gasteiger charge is 2.23. The molecular formula is C21H18O9. The molecular weight excluding hydrogens is 396 g/mol. The van der Waals surface area contributed by atoms with Crippen LogP contribution in [0.2, 0.25) is 0 Å². The summed E-state index contributed by atoms with van der Waals surface area (Å²) in [5.41, 5.74) is -1.94. The molecule has 0 atom stereocenters. The highest BCUT2D eigenvalue weighted by molar-refractivity contribution is 6.13. The van der Waals surface area contributed by atoms with Crippen LogP contribution >= 0.6 is 0 Å². The van der Waals surface area contributed by atoms with Gasteiger partial charge in [-0.05, 0) is 30.7 Å². The lowest BCUT2D eigenvalue weighted by Crippen LogP contribution is -2.15. The van der Waals surface area contributed by atoms with Crippen molar-refractivity contribution in [2.75, 3.05) is 6.61 Å². The summed E-state index contributed by atoms with van der Waals surface area (Å²) in [5.74, 6) is -5.98. The molecule has 0 aromatic heterocycles. The standard InChI is InChI=1S/C21H18O9/c1-2-3-8-30-21(29)16-10-12(5-7-14(16)19(25)26)17(22)11-4-6-13(18(23)24)15(9-11)20(27)28/h4-7,9-10H,2-3,8H2,1H3,(H,23,24)(H,25,26)(H,27,28). The molecule has 0 heterocycles. The van der Waals surface area contributed by atoms with Crippen molar-refractivity contribution in [2.45, 2.75) is 19.8 Å². The third-order valence-electron chi connectivity index (χ3n) is 4.21. The summed E-state index contributed by atoms with van der Waals surface area (Å²) >= 11 is 0. The Morgan fingerprint density at radius 3 is 1.67 bits per heavy atom. The van der Waals surface area contributed by atoms with Crippen LogP contribution in [0.15, 0.2) is 36.4 Å². The van der Waals surface area contributed by atoms with Crippen molar-refractivity contribution in [3.8, 4) is 0 Å². The van der Waals surface area contributed by atoms with Gasteiger partial charge in [-0.15, -0.1) is 0 Å². The lowest BCUT2D eigenvalue weighted by Gasteiger charge is -2.10. The Morgan fingerprint density at radius 1 is 0.733 bits per heavy atom. The van der Waals surface area contributed by atoms with Crippen LogP contribution in [0.3, 0.4) is 0 Å². The first-order chi connectivity index (χ1) is 14.2. The van der Waals surface area contributed by atoms with Crippen LogP contribution in [-0.4, -0.2) is 51.6 Å². The van der Waals surface area contributed by atoms with Crippen molar-refractivity contribution in [3.63, 3.8) is 0 Å². The van der Waals surface area contributed by atoms with Gasteiger partial charge in [0.2, 0.25) is 0 Å². The largest absolute Gasteiger partial charge is 0.478 e. The maximum atomic E-state index is 12.8. The summed E-state index contributed by atoms with van der Waals surface area (Å²) in [6, 6.07) is 6.37. The SMILES string of the molecule is CCCCOC(=O)c1cc(C(=O)c2ccc(C(=O)O)c(C(=O)O)c2)ccc1C(=O)O. The average molecular weight is 414 g/mol. The van der Waals surface area contributed by atoms with Crippen molar-refractivity contribution >= 4 is 29.7 Å². The number of benzene rings is 2. The predicted octanol–water partition coefficient (Wildman–Crippen LogP) is 2.97. The maximum absolute atomic E-state index is 12.8. The van der Waals surface area contributed by atoms with Gasteiger partial charge in [-0.3, -0.25) is 4.79 Å². The Balaban J connectivity index is 2.47. The second kappa shape index (κ2) is 9.46. The van der Waals surface area contributed by atoms with E-state index in [9.17, 15) is 34.2 Å². The van der Waals surface area contributed by atoms with E-state index in [4.69, 9.17) is 9.84 Å². The molecule has 2 aromatic rings. The molecule has 0 bridgehead atoms. The summed E-state index contributed by atoms with van der Waals surface area (Å²) < 4.78 is 5.04. The number of carboxylic acids is 3. The van der Waals surface area contributed by atoms with Crippen LogP contribution in [0.5, 0.6) is 0 Å². The number of carbonyl (C=O) groups excluding carboxylic acids is 2. The number of hydrogen-bond donors (Lipinski definition) is 3. The fraction of sp³-hybridized carbons (Fsp3) is 0.190. The zero-order chi connectivity index (χ0) is 22.4. The molecule has 0 unspecified atom stereocenters. The van der Waals surface area contributed by atoms with E-state index in [1.54, 1.807) is 0 Å².